The van der Waals surface area contributed by atoms with Gasteiger partial charge in [0, 0.05) is 12.6 Å². The van der Waals surface area contributed by atoms with Crippen molar-refractivity contribution in [2.24, 2.45) is 5.92 Å². The van der Waals surface area contributed by atoms with Crippen molar-refractivity contribution in [1.82, 2.24) is 4.90 Å². The maximum Gasteiger partial charge on any atom is 0.0695 e. The summed E-state index contributed by atoms with van der Waals surface area (Å²) in [5.74, 6) is 0.952. The van der Waals surface area contributed by atoms with E-state index in [0.717, 1.165) is 18.9 Å². The summed E-state index contributed by atoms with van der Waals surface area (Å²) in [6, 6.07) is 0.477. The Kier molecular flexibility index (Phi) is 2.89. The average Bonchev–Trinajstić information content (AvgIpc) is 2.85. The fourth-order valence-electron chi connectivity index (χ4n) is 2.48. The number of hydrogen-bond donors (Lipinski definition) is 1. The summed E-state index contributed by atoms with van der Waals surface area (Å²) in [6.45, 7) is 4.56. The maximum atomic E-state index is 9.78. The monoisotopic (exact) mass is 183 g/mol. The first-order valence-electron chi connectivity index (χ1n) is 5.73. The third kappa shape index (κ3) is 2.23. The van der Waals surface area contributed by atoms with Gasteiger partial charge in [-0.05, 0) is 44.6 Å². The van der Waals surface area contributed by atoms with Crippen molar-refractivity contribution < 1.29 is 5.11 Å². The van der Waals surface area contributed by atoms with Crippen LogP contribution in [0.15, 0.2) is 0 Å². The van der Waals surface area contributed by atoms with Gasteiger partial charge < -0.3 is 5.11 Å². The van der Waals surface area contributed by atoms with E-state index in [1.165, 1.54) is 32.2 Å². The van der Waals surface area contributed by atoms with E-state index in [9.17, 15) is 5.11 Å². The lowest BCUT2D eigenvalue weighted by Gasteiger charge is -2.29. The molecule has 0 aliphatic heterocycles. The molecular formula is C11H21NO. The molecule has 0 saturated heterocycles. The minimum atomic E-state index is -0.0429. The minimum absolute atomic E-state index is 0.0429. The lowest BCUT2D eigenvalue weighted by molar-refractivity contribution is 0.0710. The van der Waals surface area contributed by atoms with Gasteiger partial charge in [0.05, 0.1) is 6.10 Å². The second kappa shape index (κ2) is 3.97. The molecular weight excluding hydrogens is 162 g/mol. The van der Waals surface area contributed by atoms with Crippen molar-refractivity contribution in [3.8, 4) is 0 Å². The second-order valence-corrected chi connectivity index (χ2v) is 4.60. The molecule has 2 atom stereocenters. The van der Waals surface area contributed by atoms with Crippen LogP contribution in [0.5, 0.6) is 0 Å². The second-order valence-electron chi connectivity index (χ2n) is 4.60. The largest absolute Gasteiger partial charge is 0.391 e. The summed E-state index contributed by atoms with van der Waals surface area (Å²) < 4.78 is 0. The summed E-state index contributed by atoms with van der Waals surface area (Å²) in [6.07, 6.45) is 6.23. The van der Waals surface area contributed by atoms with Gasteiger partial charge in [0.1, 0.15) is 0 Å². The first-order valence-corrected chi connectivity index (χ1v) is 5.73. The van der Waals surface area contributed by atoms with E-state index in [4.69, 9.17) is 0 Å². The van der Waals surface area contributed by atoms with Crippen molar-refractivity contribution in [3.05, 3.63) is 0 Å². The van der Waals surface area contributed by atoms with Crippen molar-refractivity contribution in [2.45, 2.75) is 51.2 Å². The normalized spacial score (nSPS) is 34.4. The lowest BCUT2D eigenvalue weighted by Crippen LogP contribution is -2.41. The summed E-state index contributed by atoms with van der Waals surface area (Å²) in [7, 11) is 0. The van der Waals surface area contributed by atoms with Crippen LogP contribution in [0.3, 0.4) is 0 Å². The third-order valence-corrected chi connectivity index (χ3v) is 3.51. The van der Waals surface area contributed by atoms with Crippen LogP contribution < -0.4 is 0 Å². The standard InChI is InChI=1S/C11H21NO/c1-2-12(8-9-6-7-9)10-4-3-5-11(10)13/h9-11,13H,2-8H2,1H3/t10-,11-/m0/s1. The lowest BCUT2D eigenvalue weighted by atomic mass is 10.1. The number of aliphatic hydroxyl groups is 1. The van der Waals surface area contributed by atoms with E-state index in [1.807, 2.05) is 0 Å². The molecule has 13 heavy (non-hydrogen) atoms. The van der Waals surface area contributed by atoms with Gasteiger partial charge in [-0.15, -0.1) is 0 Å². The highest BCUT2D eigenvalue weighted by molar-refractivity contribution is 4.87. The van der Waals surface area contributed by atoms with Gasteiger partial charge >= 0.3 is 0 Å². The predicted octanol–water partition coefficient (Wildman–Crippen LogP) is 1.63. The average molecular weight is 183 g/mol. The van der Waals surface area contributed by atoms with Crippen LogP contribution in [-0.2, 0) is 0 Å². The van der Waals surface area contributed by atoms with E-state index in [1.54, 1.807) is 0 Å². The van der Waals surface area contributed by atoms with Crippen molar-refractivity contribution in [2.75, 3.05) is 13.1 Å². The van der Waals surface area contributed by atoms with E-state index < -0.39 is 0 Å². The van der Waals surface area contributed by atoms with E-state index in [-0.39, 0.29) is 6.10 Å². The first-order chi connectivity index (χ1) is 6.31. The Labute approximate surface area is 80.9 Å². The molecule has 1 N–H and O–H groups in total. The quantitative estimate of drug-likeness (QED) is 0.716. The Morgan fingerprint density at radius 3 is 2.46 bits per heavy atom. The maximum absolute atomic E-state index is 9.78. The van der Waals surface area contributed by atoms with Crippen molar-refractivity contribution >= 4 is 0 Å². The Morgan fingerprint density at radius 1 is 1.23 bits per heavy atom. The number of hydrogen-bond acceptors (Lipinski definition) is 2. The molecule has 0 aromatic rings. The molecule has 0 radical (unpaired) electrons. The molecule has 0 amide bonds. The minimum Gasteiger partial charge on any atom is -0.391 e. The van der Waals surface area contributed by atoms with E-state index >= 15 is 0 Å². The zero-order chi connectivity index (χ0) is 9.26. The molecule has 0 heterocycles. The van der Waals surface area contributed by atoms with Crippen molar-refractivity contribution in [1.29, 1.82) is 0 Å². The van der Waals surface area contributed by atoms with Gasteiger partial charge in [0.15, 0.2) is 0 Å². The van der Waals surface area contributed by atoms with Crippen LogP contribution in [0.1, 0.15) is 39.0 Å². The predicted molar refractivity (Wildman–Crippen MR) is 53.6 cm³/mol. The zero-order valence-electron chi connectivity index (χ0n) is 8.58. The van der Waals surface area contributed by atoms with Gasteiger partial charge in [-0.1, -0.05) is 6.92 Å². The highest BCUT2D eigenvalue weighted by Crippen LogP contribution is 2.32. The highest BCUT2D eigenvalue weighted by atomic mass is 16.3. The van der Waals surface area contributed by atoms with Crippen LogP contribution in [0.25, 0.3) is 0 Å². The topological polar surface area (TPSA) is 23.5 Å². The van der Waals surface area contributed by atoms with E-state index in [0.29, 0.717) is 6.04 Å². The van der Waals surface area contributed by atoms with Crippen molar-refractivity contribution in [3.63, 3.8) is 0 Å². The molecule has 0 unspecified atom stereocenters. The molecule has 2 nitrogen and oxygen atoms in total. The van der Waals surface area contributed by atoms with Crippen LogP contribution >= 0.6 is 0 Å². The fourth-order valence-corrected chi connectivity index (χ4v) is 2.48. The number of likely N-dealkylation sites (N-methyl/N-ethyl adjacent to an activating group) is 1. The summed E-state index contributed by atoms with van der Waals surface area (Å²) >= 11 is 0. The molecule has 0 aromatic heterocycles. The Bertz CT molecular complexity index is 167. The molecule has 0 spiro atoms. The smallest absolute Gasteiger partial charge is 0.0695 e. The highest BCUT2D eigenvalue weighted by Gasteiger charge is 2.33. The van der Waals surface area contributed by atoms with Gasteiger partial charge in [0.2, 0.25) is 0 Å². The van der Waals surface area contributed by atoms with Gasteiger partial charge in [-0.3, -0.25) is 4.90 Å². The molecule has 2 aliphatic rings. The number of rotatable bonds is 4. The van der Waals surface area contributed by atoms with Gasteiger partial charge in [-0.2, -0.15) is 0 Å². The number of nitrogens with zero attached hydrogens (tertiary/aromatic N) is 1. The number of aliphatic hydroxyl groups excluding tert-OH is 1. The molecule has 2 saturated carbocycles. The van der Waals surface area contributed by atoms with Crippen LogP contribution in [0, 0.1) is 5.92 Å². The van der Waals surface area contributed by atoms with Crippen LogP contribution in [0.4, 0.5) is 0 Å². The molecule has 2 heteroatoms. The Balaban J connectivity index is 1.85. The molecule has 2 fully saturated rings. The molecule has 2 aliphatic carbocycles. The zero-order valence-corrected chi connectivity index (χ0v) is 8.58. The fraction of sp³-hybridized carbons (Fsp3) is 1.00. The summed E-state index contributed by atoms with van der Waals surface area (Å²) in [4.78, 5) is 2.50. The Morgan fingerprint density at radius 2 is 2.00 bits per heavy atom. The first kappa shape index (κ1) is 9.47. The molecule has 76 valence electrons. The summed E-state index contributed by atoms with van der Waals surface area (Å²) in [5.41, 5.74) is 0. The van der Waals surface area contributed by atoms with Gasteiger partial charge in [-0.25, -0.2) is 0 Å². The molecule has 2 rings (SSSR count). The molecule has 0 bridgehead atoms. The van der Waals surface area contributed by atoms with Crippen LogP contribution in [0.2, 0.25) is 0 Å². The summed E-state index contributed by atoms with van der Waals surface area (Å²) in [5, 5.41) is 9.78. The van der Waals surface area contributed by atoms with Gasteiger partial charge in [0.25, 0.3) is 0 Å². The van der Waals surface area contributed by atoms with Crippen LogP contribution in [-0.4, -0.2) is 35.2 Å². The molecule has 0 aromatic carbocycles. The Hall–Kier alpha value is -0.0800. The third-order valence-electron chi connectivity index (χ3n) is 3.51. The van der Waals surface area contributed by atoms with E-state index in [2.05, 4.69) is 11.8 Å². The SMILES string of the molecule is CCN(CC1CC1)[C@H]1CCC[C@@H]1O.